The molecular weight excluding hydrogens is 166 g/mol. The van der Waals surface area contributed by atoms with Crippen molar-refractivity contribution >= 4 is 12.4 Å². The summed E-state index contributed by atoms with van der Waals surface area (Å²) in [5.74, 6) is 0. The Morgan fingerprint density at radius 2 is 2.27 bits per heavy atom. The second-order valence-corrected chi connectivity index (χ2v) is 3.16. The Hall–Kier alpha value is 0.170. The number of hydrogen-bond acceptors (Lipinski definition) is 3. The van der Waals surface area contributed by atoms with E-state index in [9.17, 15) is 0 Å². The minimum Gasteiger partial charge on any atom is -0.379 e. The molecule has 11 heavy (non-hydrogen) atoms. The van der Waals surface area contributed by atoms with Gasteiger partial charge in [-0.3, -0.25) is 0 Å². The fraction of sp³-hybridized carbons (Fsp3) is 1.00. The van der Waals surface area contributed by atoms with Gasteiger partial charge in [0.15, 0.2) is 0 Å². The molecule has 0 aromatic carbocycles. The third-order valence-electron chi connectivity index (χ3n) is 2.40. The smallest absolute Gasteiger partial charge is 0.0956 e. The van der Waals surface area contributed by atoms with Gasteiger partial charge in [-0.05, 0) is 0 Å². The van der Waals surface area contributed by atoms with Crippen molar-refractivity contribution in [2.45, 2.75) is 18.1 Å². The molecule has 0 unspecified atom stereocenters. The number of methoxy groups -OCH3 is 1. The van der Waals surface area contributed by atoms with Crippen LogP contribution in [0.4, 0.5) is 0 Å². The molecule has 2 heterocycles. The van der Waals surface area contributed by atoms with Crippen LogP contribution in [0.3, 0.4) is 0 Å². The number of hydrogen-bond donors (Lipinski definition) is 1. The van der Waals surface area contributed by atoms with Gasteiger partial charge in [-0.15, -0.1) is 12.4 Å². The molecule has 0 amide bonds. The molecule has 0 aromatic heterocycles. The average Bonchev–Trinajstić information content (AvgIpc) is 2.29. The van der Waals surface area contributed by atoms with E-state index in [1.807, 2.05) is 0 Å². The van der Waals surface area contributed by atoms with Gasteiger partial charge in [0.2, 0.25) is 0 Å². The van der Waals surface area contributed by atoms with E-state index >= 15 is 0 Å². The molecule has 4 heteroatoms. The largest absolute Gasteiger partial charge is 0.379 e. The standard InChI is InChI=1S/C7H13NO2.ClH/c1-9-6-2-7(10-3-6)4-8-5-7;/h6,8H,2-5H2,1H3;1H/t6-;/m0./s1. The number of halogens is 1. The Balaban J connectivity index is 0.000000605. The SMILES string of the molecule is CO[C@@H]1COC2(CNC2)C1.Cl. The van der Waals surface area contributed by atoms with Crippen LogP contribution < -0.4 is 5.32 Å². The molecule has 0 radical (unpaired) electrons. The van der Waals surface area contributed by atoms with Gasteiger partial charge in [0.25, 0.3) is 0 Å². The fourth-order valence-corrected chi connectivity index (χ4v) is 1.60. The number of rotatable bonds is 1. The first-order valence-corrected chi connectivity index (χ1v) is 3.72. The molecule has 2 fully saturated rings. The summed E-state index contributed by atoms with van der Waals surface area (Å²) in [5, 5.41) is 3.21. The lowest BCUT2D eigenvalue weighted by Gasteiger charge is -2.37. The lowest BCUT2D eigenvalue weighted by molar-refractivity contribution is -0.0376. The van der Waals surface area contributed by atoms with Crippen molar-refractivity contribution in [2.75, 3.05) is 26.8 Å². The third-order valence-corrected chi connectivity index (χ3v) is 2.40. The van der Waals surface area contributed by atoms with Gasteiger partial charge in [0.05, 0.1) is 18.3 Å². The molecule has 0 aliphatic carbocycles. The van der Waals surface area contributed by atoms with E-state index in [0.717, 1.165) is 26.1 Å². The Bertz CT molecular complexity index is 138. The van der Waals surface area contributed by atoms with Crippen molar-refractivity contribution in [3.05, 3.63) is 0 Å². The summed E-state index contributed by atoms with van der Waals surface area (Å²) in [6.45, 7) is 2.79. The maximum atomic E-state index is 5.59. The first-order chi connectivity index (χ1) is 4.85. The molecule has 3 nitrogen and oxygen atoms in total. The monoisotopic (exact) mass is 179 g/mol. The van der Waals surface area contributed by atoms with Gasteiger partial charge in [0, 0.05) is 26.6 Å². The highest BCUT2D eigenvalue weighted by atomic mass is 35.5. The van der Waals surface area contributed by atoms with Crippen molar-refractivity contribution < 1.29 is 9.47 Å². The van der Waals surface area contributed by atoms with Crippen molar-refractivity contribution in [1.29, 1.82) is 0 Å². The van der Waals surface area contributed by atoms with Crippen LogP contribution in [0.25, 0.3) is 0 Å². The quantitative estimate of drug-likeness (QED) is 0.623. The van der Waals surface area contributed by atoms with E-state index < -0.39 is 0 Å². The van der Waals surface area contributed by atoms with Crippen LogP contribution in [-0.2, 0) is 9.47 Å². The van der Waals surface area contributed by atoms with Crippen LogP contribution in [0.15, 0.2) is 0 Å². The summed E-state index contributed by atoms with van der Waals surface area (Å²) < 4.78 is 10.8. The Morgan fingerprint density at radius 1 is 1.55 bits per heavy atom. The third kappa shape index (κ3) is 1.51. The molecule has 0 bridgehead atoms. The molecule has 1 spiro atoms. The lowest BCUT2D eigenvalue weighted by Crippen LogP contribution is -2.59. The van der Waals surface area contributed by atoms with Crippen molar-refractivity contribution in [3.8, 4) is 0 Å². The predicted molar refractivity (Wildman–Crippen MR) is 44.2 cm³/mol. The Morgan fingerprint density at radius 3 is 2.55 bits per heavy atom. The predicted octanol–water partition coefficient (Wildman–Crippen LogP) is 0.186. The number of ether oxygens (including phenoxy) is 2. The van der Waals surface area contributed by atoms with Crippen molar-refractivity contribution in [1.82, 2.24) is 5.32 Å². The summed E-state index contributed by atoms with van der Waals surface area (Å²) in [5.41, 5.74) is 0.153. The highest BCUT2D eigenvalue weighted by Crippen LogP contribution is 2.30. The molecule has 0 aromatic rings. The summed E-state index contributed by atoms with van der Waals surface area (Å²) in [4.78, 5) is 0. The highest BCUT2D eigenvalue weighted by Gasteiger charge is 2.45. The zero-order valence-electron chi connectivity index (χ0n) is 6.63. The molecule has 1 N–H and O–H groups in total. The van der Waals surface area contributed by atoms with Gasteiger partial charge in [-0.2, -0.15) is 0 Å². The summed E-state index contributed by atoms with van der Waals surface area (Å²) in [7, 11) is 1.75. The van der Waals surface area contributed by atoms with Crippen LogP contribution in [0.2, 0.25) is 0 Å². The lowest BCUT2D eigenvalue weighted by atomic mass is 9.93. The van der Waals surface area contributed by atoms with E-state index in [-0.39, 0.29) is 18.0 Å². The van der Waals surface area contributed by atoms with Gasteiger partial charge in [0.1, 0.15) is 0 Å². The first-order valence-electron chi connectivity index (χ1n) is 3.72. The highest BCUT2D eigenvalue weighted by molar-refractivity contribution is 5.85. The van der Waals surface area contributed by atoms with Crippen LogP contribution in [-0.4, -0.2) is 38.5 Å². The summed E-state index contributed by atoms with van der Waals surface area (Å²) in [6, 6.07) is 0. The van der Waals surface area contributed by atoms with Crippen molar-refractivity contribution in [3.63, 3.8) is 0 Å². The zero-order chi connectivity index (χ0) is 7.03. The van der Waals surface area contributed by atoms with Crippen molar-refractivity contribution in [2.24, 2.45) is 0 Å². The minimum absolute atomic E-state index is 0. The Labute approximate surface area is 72.8 Å². The fourth-order valence-electron chi connectivity index (χ4n) is 1.60. The summed E-state index contributed by atoms with van der Waals surface area (Å²) in [6.07, 6.45) is 1.40. The second-order valence-electron chi connectivity index (χ2n) is 3.16. The van der Waals surface area contributed by atoms with E-state index in [0.29, 0.717) is 6.10 Å². The van der Waals surface area contributed by atoms with Gasteiger partial charge in [-0.25, -0.2) is 0 Å². The van der Waals surface area contributed by atoms with E-state index in [1.54, 1.807) is 7.11 Å². The maximum Gasteiger partial charge on any atom is 0.0956 e. The molecule has 66 valence electrons. The molecule has 0 saturated carbocycles. The first kappa shape index (κ1) is 9.26. The average molecular weight is 180 g/mol. The van der Waals surface area contributed by atoms with Gasteiger partial charge < -0.3 is 14.8 Å². The molecule has 2 aliphatic heterocycles. The van der Waals surface area contributed by atoms with Crippen LogP contribution in [0.5, 0.6) is 0 Å². The minimum atomic E-state index is 0. The normalized spacial score (nSPS) is 33.0. The number of nitrogens with one attached hydrogen (secondary N) is 1. The molecule has 1 atom stereocenters. The molecule has 2 rings (SSSR count). The molecule has 2 saturated heterocycles. The van der Waals surface area contributed by atoms with Gasteiger partial charge in [-0.1, -0.05) is 0 Å². The van der Waals surface area contributed by atoms with Crippen LogP contribution in [0.1, 0.15) is 6.42 Å². The van der Waals surface area contributed by atoms with Crippen LogP contribution >= 0.6 is 12.4 Å². The van der Waals surface area contributed by atoms with E-state index in [2.05, 4.69) is 5.32 Å². The molecule has 2 aliphatic rings. The second kappa shape index (κ2) is 3.27. The molecular formula is C7H14ClNO2. The van der Waals surface area contributed by atoms with Gasteiger partial charge >= 0.3 is 0 Å². The topological polar surface area (TPSA) is 30.5 Å². The summed E-state index contributed by atoms with van der Waals surface area (Å²) >= 11 is 0. The zero-order valence-corrected chi connectivity index (χ0v) is 7.45. The maximum absolute atomic E-state index is 5.59. The van der Waals surface area contributed by atoms with E-state index in [4.69, 9.17) is 9.47 Å². The van der Waals surface area contributed by atoms with E-state index in [1.165, 1.54) is 0 Å². The van der Waals surface area contributed by atoms with Crippen LogP contribution in [0, 0.1) is 0 Å². The Kier molecular flexibility index (Phi) is 2.75.